The molecular formula is C15H10N4S. The van der Waals surface area contributed by atoms with Gasteiger partial charge in [-0.05, 0) is 24.3 Å². The van der Waals surface area contributed by atoms with Crippen LogP contribution in [-0.2, 0) is 0 Å². The van der Waals surface area contributed by atoms with E-state index in [1.807, 2.05) is 36.4 Å². The van der Waals surface area contributed by atoms with Crippen LogP contribution in [-0.4, -0.2) is 10.7 Å². The molecule has 5 heteroatoms. The number of nitriles is 1. The monoisotopic (exact) mass is 278 g/mol. The summed E-state index contributed by atoms with van der Waals surface area (Å²) in [6.07, 6.45) is 0. The van der Waals surface area contributed by atoms with Crippen molar-refractivity contribution in [1.29, 1.82) is 5.26 Å². The highest BCUT2D eigenvalue weighted by Gasteiger charge is 2.12. The molecule has 0 saturated carbocycles. The Hall–Kier alpha value is -2.71. The molecule has 4 nitrogen and oxygen atoms in total. The topological polar surface area (TPSA) is 75.1 Å². The van der Waals surface area contributed by atoms with Crippen LogP contribution in [0.25, 0.3) is 10.2 Å². The third kappa shape index (κ3) is 2.13. The minimum absolute atomic E-state index is 0.606. The molecule has 2 N–H and O–H groups in total. The van der Waals surface area contributed by atoms with E-state index in [1.165, 1.54) is 0 Å². The lowest BCUT2D eigenvalue weighted by Crippen LogP contribution is -2.05. The van der Waals surface area contributed by atoms with Gasteiger partial charge < -0.3 is 5.84 Å². The molecule has 0 aliphatic carbocycles. The molecule has 3 rings (SSSR count). The van der Waals surface area contributed by atoms with Gasteiger partial charge in [0.15, 0.2) is 0 Å². The minimum atomic E-state index is 0.606. The Morgan fingerprint density at radius 3 is 2.55 bits per heavy atom. The van der Waals surface area contributed by atoms with Crippen LogP contribution in [0.3, 0.4) is 0 Å². The van der Waals surface area contributed by atoms with Crippen molar-refractivity contribution in [3.05, 3.63) is 64.7 Å². The van der Waals surface area contributed by atoms with E-state index < -0.39 is 0 Å². The summed E-state index contributed by atoms with van der Waals surface area (Å²) in [4.78, 5) is 4.55. The van der Waals surface area contributed by atoms with Crippen LogP contribution in [0, 0.1) is 11.3 Å². The van der Waals surface area contributed by atoms with Crippen molar-refractivity contribution >= 4 is 27.3 Å². The van der Waals surface area contributed by atoms with Gasteiger partial charge in [0.2, 0.25) is 0 Å². The zero-order valence-corrected chi connectivity index (χ0v) is 11.3. The number of nitrogens with zero attached hydrogens (tertiary/aromatic N) is 3. The number of fused-ring (bicyclic) bond motifs is 1. The number of aromatic nitrogens is 1. The van der Waals surface area contributed by atoms with Crippen molar-refractivity contribution < 1.29 is 0 Å². The number of hydrogen-bond acceptors (Lipinski definition) is 5. The summed E-state index contributed by atoms with van der Waals surface area (Å²) in [6, 6.07) is 17.1. The summed E-state index contributed by atoms with van der Waals surface area (Å²) in [7, 11) is 0. The Morgan fingerprint density at radius 1 is 1.15 bits per heavy atom. The Kier molecular flexibility index (Phi) is 3.15. The normalized spacial score (nSPS) is 11.4. The maximum Gasteiger partial charge on any atom is 0.145 e. The average molecular weight is 278 g/mol. The molecule has 3 aromatic rings. The Labute approximate surface area is 119 Å². The van der Waals surface area contributed by atoms with Crippen molar-refractivity contribution in [3.63, 3.8) is 0 Å². The molecule has 0 atom stereocenters. The Morgan fingerprint density at radius 2 is 1.90 bits per heavy atom. The summed E-state index contributed by atoms with van der Waals surface area (Å²) >= 11 is 1.55. The highest BCUT2D eigenvalue weighted by Crippen LogP contribution is 2.24. The smallest absolute Gasteiger partial charge is 0.145 e. The van der Waals surface area contributed by atoms with E-state index in [4.69, 9.17) is 11.1 Å². The highest BCUT2D eigenvalue weighted by molar-refractivity contribution is 7.20. The second-order valence-electron chi connectivity index (χ2n) is 4.15. The SMILES string of the molecule is N#Cc1ccc(/C(=N\N)c2nc3ccccc3s2)cc1. The first kappa shape index (κ1) is 12.3. The number of thiazole rings is 1. The average Bonchev–Trinajstić information content (AvgIpc) is 2.92. The van der Waals surface area contributed by atoms with E-state index in [2.05, 4.69) is 16.2 Å². The fourth-order valence-electron chi connectivity index (χ4n) is 1.93. The van der Waals surface area contributed by atoms with Crippen LogP contribution in [0.2, 0.25) is 0 Å². The summed E-state index contributed by atoms with van der Waals surface area (Å²) in [5, 5.41) is 13.5. The molecule has 0 saturated heterocycles. The van der Waals surface area contributed by atoms with Gasteiger partial charge in [-0.1, -0.05) is 24.3 Å². The van der Waals surface area contributed by atoms with Crippen LogP contribution in [0.15, 0.2) is 53.6 Å². The van der Waals surface area contributed by atoms with Gasteiger partial charge in [0.25, 0.3) is 0 Å². The predicted molar refractivity (Wildman–Crippen MR) is 80.6 cm³/mol. The van der Waals surface area contributed by atoms with Crippen molar-refractivity contribution in [2.75, 3.05) is 0 Å². The fourth-order valence-corrected chi connectivity index (χ4v) is 2.91. The van der Waals surface area contributed by atoms with E-state index in [9.17, 15) is 0 Å². The molecule has 96 valence electrons. The van der Waals surface area contributed by atoms with Crippen molar-refractivity contribution in [3.8, 4) is 6.07 Å². The second-order valence-corrected chi connectivity index (χ2v) is 5.18. The maximum atomic E-state index is 8.82. The van der Waals surface area contributed by atoms with Gasteiger partial charge in [0, 0.05) is 5.56 Å². The van der Waals surface area contributed by atoms with E-state index in [0.717, 1.165) is 20.8 Å². The van der Waals surface area contributed by atoms with E-state index in [-0.39, 0.29) is 0 Å². The molecular weight excluding hydrogens is 268 g/mol. The molecule has 0 aliphatic heterocycles. The second kappa shape index (κ2) is 5.11. The first-order valence-electron chi connectivity index (χ1n) is 5.96. The minimum Gasteiger partial charge on any atom is -0.323 e. The van der Waals surface area contributed by atoms with Crippen molar-refractivity contribution in [1.82, 2.24) is 4.98 Å². The summed E-state index contributed by atoms with van der Waals surface area (Å²) in [5.41, 5.74) is 3.03. The lowest BCUT2D eigenvalue weighted by atomic mass is 10.1. The number of hydrogen-bond donors (Lipinski definition) is 1. The molecule has 20 heavy (non-hydrogen) atoms. The fraction of sp³-hybridized carbons (Fsp3) is 0. The number of benzene rings is 2. The summed E-state index contributed by atoms with van der Waals surface area (Å²) < 4.78 is 1.09. The molecule has 0 amide bonds. The maximum absolute atomic E-state index is 8.82. The van der Waals surface area contributed by atoms with Crippen molar-refractivity contribution in [2.45, 2.75) is 0 Å². The van der Waals surface area contributed by atoms with Gasteiger partial charge in [-0.2, -0.15) is 10.4 Å². The zero-order chi connectivity index (χ0) is 13.9. The standard InChI is InChI=1S/C15H10N4S/c16-9-10-5-7-11(8-6-10)14(19-17)15-18-12-3-1-2-4-13(12)20-15/h1-8H,17H2/b19-14+. The number of hydrazone groups is 1. The van der Waals surface area contributed by atoms with Crippen molar-refractivity contribution in [2.24, 2.45) is 10.9 Å². The highest BCUT2D eigenvalue weighted by atomic mass is 32.1. The molecule has 0 spiro atoms. The molecule has 0 bridgehead atoms. The molecule has 0 radical (unpaired) electrons. The molecule has 0 unspecified atom stereocenters. The van der Waals surface area contributed by atoms with Gasteiger partial charge in [-0.3, -0.25) is 0 Å². The number of rotatable bonds is 2. The van der Waals surface area contributed by atoms with Gasteiger partial charge in [0.1, 0.15) is 10.7 Å². The third-order valence-corrected chi connectivity index (χ3v) is 3.96. The van der Waals surface area contributed by atoms with E-state index in [1.54, 1.807) is 23.5 Å². The Bertz CT molecular complexity index is 792. The number of para-hydroxylation sites is 1. The lowest BCUT2D eigenvalue weighted by molar-refractivity contribution is 1.23. The van der Waals surface area contributed by atoms with Gasteiger partial charge in [-0.15, -0.1) is 11.3 Å². The molecule has 0 fully saturated rings. The van der Waals surface area contributed by atoms with Crippen LogP contribution < -0.4 is 5.84 Å². The zero-order valence-electron chi connectivity index (χ0n) is 10.4. The van der Waals surface area contributed by atoms with E-state index >= 15 is 0 Å². The molecule has 1 heterocycles. The van der Waals surface area contributed by atoms with Crippen LogP contribution in [0.4, 0.5) is 0 Å². The quantitative estimate of drug-likeness (QED) is 0.445. The van der Waals surface area contributed by atoms with Gasteiger partial charge in [-0.25, -0.2) is 4.98 Å². The van der Waals surface area contributed by atoms with Crippen LogP contribution in [0.1, 0.15) is 16.1 Å². The van der Waals surface area contributed by atoms with Crippen LogP contribution in [0.5, 0.6) is 0 Å². The predicted octanol–water partition coefficient (Wildman–Crippen LogP) is 2.88. The molecule has 0 aliphatic rings. The lowest BCUT2D eigenvalue weighted by Gasteiger charge is -2.01. The first-order chi connectivity index (χ1) is 9.81. The summed E-state index contributed by atoms with van der Waals surface area (Å²) in [6.45, 7) is 0. The van der Waals surface area contributed by atoms with Crippen LogP contribution >= 0.6 is 11.3 Å². The Balaban J connectivity index is 2.07. The van der Waals surface area contributed by atoms with Gasteiger partial charge >= 0.3 is 0 Å². The largest absolute Gasteiger partial charge is 0.323 e. The third-order valence-electron chi connectivity index (χ3n) is 2.91. The first-order valence-corrected chi connectivity index (χ1v) is 6.78. The van der Waals surface area contributed by atoms with E-state index in [0.29, 0.717) is 11.3 Å². The van der Waals surface area contributed by atoms with Gasteiger partial charge in [0.05, 0.1) is 21.8 Å². The number of nitrogens with two attached hydrogens (primary N) is 1. The molecule has 2 aromatic carbocycles. The molecule has 1 aromatic heterocycles. The summed E-state index contributed by atoms with van der Waals surface area (Å²) in [5.74, 6) is 5.52.